The average molecular weight is 403 g/mol. The van der Waals surface area contributed by atoms with Gasteiger partial charge in [-0.1, -0.05) is 96.8 Å². The van der Waals surface area contributed by atoms with E-state index in [2.05, 4.69) is 11.7 Å². The number of ether oxygens (including phenoxy) is 2. The third kappa shape index (κ3) is 25.4. The van der Waals surface area contributed by atoms with Crippen LogP contribution in [0.3, 0.4) is 0 Å². The predicted octanol–water partition coefficient (Wildman–Crippen LogP) is 5.16. The van der Waals surface area contributed by atoms with E-state index in [0.717, 1.165) is 26.1 Å². The molecule has 0 radical (unpaired) electrons. The monoisotopic (exact) mass is 402 g/mol. The summed E-state index contributed by atoms with van der Waals surface area (Å²) in [5.41, 5.74) is 0. The van der Waals surface area contributed by atoms with Crippen LogP contribution in [0.2, 0.25) is 0 Å². The van der Waals surface area contributed by atoms with Crippen LogP contribution in [0.1, 0.15) is 110 Å². The van der Waals surface area contributed by atoms with Gasteiger partial charge in [-0.15, -0.1) is 0 Å². The zero-order valence-electron chi connectivity index (χ0n) is 18.3. The van der Waals surface area contributed by atoms with Gasteiger partial charge in [0.15, 0.2) is 0 Å². The first kappa shape index (κ1) is 27.4. The van der Waals surface area contributed by atoms with Gasteiger partial charge in [-0.05, 0) is 6.42 Å². The molecule has 0 aromatic heterocycles. The van der Waals surface area contributed by atoms with Crippen molar-refractivity contribution in [2.45, 2.75) is 116 Å². The quantitative estimate of drug-likeness (QED) is 0.177. The van der Waals surface area contributed by atoms with E-state index in [1.807, 2.05) is 0 Å². The van der Waals surface area contributed by atoms with Crippen LogP contribution in [-0.4, -0.2) is 48.7 Å². The zero-order valence-corrected chi connectivity index (χ0v) is 18.3. The van der Waals surface area contributed by atoms with Crippen LogP contribution in [0.15, 0.2) is 0 Å². The van der Waals surface area contributed by atoms with Crippen molar-refractivity contribution in [2.24, 2.45) is 0 Å². The Hall–Kier alpha value is -0.650. The molecule has 1 fully saturated rings. The van der Waals surface area contributed by atoms with Crippen LogP contribution in [-0.2, 0) is 14.3 Å². The number of epoxide rings is 1. The summed E-state index contributed by atoms with van der Waals surface area (Å²) in [5.74, 6) is -0.276. The molecule has 1 atom stereocenters. The molecule has 0 aliphatic carbocycles. The molecule has 5 heteroatoms. The molecule has 1 unspecified atom stereocenters. The van der Waals surface area contributed by atoms with Gasteiger partial charge in [0.25, 0.3) is 0 Å². The van der Waals surface area contributed by atoms with Crippen LogP contribution in [0.5, 0.6) is 0 Å². The molecular weight excluding hydrogens is 356 g/mol. The first-order chi connectivity index (χ1) is 13.7. The van der Waals surface area contributed by atoms with Crippen molar-refractivity contribution in [3.8, 4) is 0 Å². The second-order valence-electron chi connectivity index (χ2n) is 7.83. The molecule has 0 aromatic carbocycles. The first-order valence-electron chi connectivity index (χ1n) is 11.7. The van der Waals surface area contributed by atoms with Gasteiger partial charge in [0.05, 0.1) is 19.8 Å². The lowest BCUT2D eigenvalue weighted by atomic mass is 10.0. The molecule has 0 saturated carbocycles. The Bertz CT molecular complexity index is 317. The van der Waals surface area contributed by atoms with Crippen LogP contribution in [0.4, 0.5) is 0 Å². The topological polar surface area (TPSA) is 79.3 Å². The fraction of sp³-hybridized carbons (Fsp3) is 0.957. The molecule has 168 valence electrons. The minimum atomic E-state index is -0.954. The molecule has 1 aliphatic heterocycles. The van der Waals surface area contributed by atoms with Crippen LogP contribution in [0.25, 0.3) is 0 Å². The number of unbranched alkanes of at least 4 members (excludes halogenated alkanes) is 14. The van der Waals surface area contributed by atoms with Crippen molar-refractivity contribution in [3.63, 3.8) is 0 Å². The molecule has 1 rings (SSSR count). The summed E-state index contributed by atoms with van der Waals surface area (Å²) in [4.78, 5) is 11.4. The summed E-state index contributed by atoms with van der Waals surface area (Å²) in [6.07, 6.45) is 19.0. The molecule has 0 aromatic rings. The van der Waals surface area contributed by atoms with Gasteiger partial charge in [-0.3, -0.25) is 4.79 Å². The Morgan fingerprint density at radius 1 is 0.821 bits per heavy atom. The average Bonchev–Trinajstić information content (AvgIpc) is 3.58. The summed E-state index contributed by atoms with van der Waals surface area (Å²) in [6.45, 7) is 3.79. The maximum absolute atomic E-state index is 11.4. The van der Waals surface area contributed by atoms with Crippen molar-refractivity contribution < 1.29 is 24.5 Å². The number of carbonyl (C=O) groups excluding carboxylic acids is 1. The molecule has 0 bridgehead atoms. The normalized spacial score (nSPS) is 13.5. The smallest absolute Gasteiger partial charge is 0.305 e. The Kier molecular flexibility index (Phi) is 22.1. The van der Waals surface area contributed by atoms with E-state index >= 15 is 0 Å². The highest BCUT2D eigenvalue weighted by atomic mass is 16.6. The summed E-state index contributed by atoms with van der Waals surface area (Å²) < 4.78 is 9.36. The van der Waals surface area contributed by atoms with Gasteiger partial charge in [0, 0.05) is 6.42 Å². The van der Waals surface area contributed by atoms with E-state index in [1.165, 1.54) is 83.5 Å². The fourth-order valence-electron chi connectivity index (χ4n) is 2.95. The van der Waals surface area contributed by atoms with Gasteiger partial charge in [-0.2, -0.15) is 0 Å². The summed E-state index contributed by atoms with van der Waals surface area (Å²) in [5, 5.41) is 17.7. The molecular formula is C23H46O5. The molecule has 5 nitrogen and oxygen atoms in total. The standard InChI is InChI=1S/C21H42O4.C2H4O/c1-2-3-4-5-6-7-8-9-10-11-12-13-14-15-16-17-21(24)25-19-20(23)18-22;1-2-3-1/h20,22-23H,2-19H2,1H3;1-2H2. The Morgan fingerprint density at radius 3 is 1.57 bits per heavy atom. The molecule has 1 aliphatic rings. The highest BCUT2D eigenvalue weighted by Gasteiger charge is 2.07. The predicted molar refractivity (Wildman–Crippen MR) is 114 cm³/mol. The summed E-state index contributed by atoms with van der Waals surface area (Å²) in [6, 6.07) is 0. The highest BCUT2D eigenvalue weighted by molar-refractivity contribution is 5.69. The number of hydrogen-bond donors (Lipinski definition) is 2. The number of aliphatic hydroxyl groups excluding tert-OH is 2. The number of rotatable bonds is 19. The lowest BCUT2D eigenvalue weighted by Crippen LogP contribution is -2.21. The SMILES string of the molecule is C1CO1.CCCCCCCCCCCCCCCCCC(=O)OCC(O)CO. The third-order valence-electron chi connectivity index (χ3n) is 4.84. The van der Waals surface area contributed by atoms with Crippen LogP contribution < -0.4 is 0 Å². The first-order valence-corrected chi connectivity index (χ1v) is 11.7. The largest absolute Gasteiger partial charge is 0.463 e. The highest BCUT2D eigenvalue weighted by Crippen LogP contribution is 2.13. The van der Waals surface area contributed by atoms with Crippen molar-refractivity contribution in [3.05, 3.63) is 0 Å². The van der Waals surface area contributed by atoms with E-state index in [9.17, 15) is 4.79 Å². The van der Waals surface area contributed by atoms with Crippen molar-refractivity contribution in [1.29, 1.82) is 0 Å². The molecule has 1 heterocycles. The van der Waals surface area contributed by atoms with Crippen LogP contribution >= 0.6 is 0 Å². The number of esters is 1. The minimum Gasteiger partial charge on any atom is -0.463 e. The molecule has 2 N–H and O–H groups in total. The van der Waals surface area contributed by atoms with E-state index in [0.29, 0.717) is 6.42 Å². The van der Waals surface area contributed by atoms with Crippen molar-refractivity contribution >= 4 is 5.97 Å². The van der Waals surface area contributed by atoms with Gasteiger partial charge in [-0.25, -0.2) is 0 Å². The second-order valence-corrected chi connectivity index (χ2v) is 7.83. The Balaban J connectivity index is 0.00000219. The van der Waals surface area contributed by atoms with Gasteiger partial charge >= 0.3 is 5.97 Å². The fourth-order valence-corrected chi connectivity index (χ4v) is 2.95. The number of carbonyl (C=O) groups is 1. The maximum Gasteiger partial charge on any atom is 0.305 e. The van der Waals surface area contributed by atoms with Gasteiger partial charge in [0.1, 0.15) is 12.7 Å². The van der Waals surface area contributed by atoms with Crippen molar-refractivity contribution in [2.75, 3.05) is 26.4 Å². The van der Waals surface area contributed by atoms with E-state index < -0.39 is 6.10 Å². The Labute approximate surface area is 173 Å². The molecule has 0 spiro atoms. The second kappa shape index (κ2) is 22.6. The summed E-state index contributed by atoms with van der Waals surface area (Å²) in [7, 11) is 0. The van der Waals surface area contributed by atoms with Crippen LogP contribution in [0, 0.1) is 0 Å². The maximum atomic E-state index is 11.4. The molecule has 0 amide bonds. The number of hydrogen-bond acceptors (Lipinski definition) is 5. The molecule has 1 saturated heterocycles. The van der Waals surface area contributed by atoms with Crippen molar-refractivity contribution in [1.82, 2.24) is 0 Å². The van der Waals surface area contributed by atoms with E-state index in [1.54, 1.807) is 0 Å². The lowest BCUT2D eigenvalue weighted by molar-refractivity contribution is -0.147. The summed E-state index contributed by atoms with van der Waals surface area (Å²) >= 11 is 0. The zero-order chi connectivity index (χ0) is 20.7. The van der Waals surface area contributed by atoms with Gasteiger partial charge < -0.3 is 19.7 Å². The van der Waals surface area contributed by atoms with E-state index in [4.69, 9.17) is 14.9 Å². The molecule has 28 heavy (non-hydrogen) atoms. The Morgan fingerprint density at radius 2 is 1.21 bits per heavy atom. The lowest BCUT2D eigenvalue weighted by Gasteiger charge is -2.08. The van der Waals surface area contributed by atoms with E-state index in [-0.39, 0.29) is 19.2 Å². The third-order valence-corrected chi connectivity index (χ3v) is 4.84. The van der Waals surface area contributed by atoms with Gasteiger partial charge in [0.2, 0.25) is 0 Å². The minimum absolute atomic E-state index is 0.103. The number of aliphatic hydroxyl groups is 2.